The second-order valence-electron chi connectivity index (χ2n) is 8.73. The van der Waals surface area contributed by atoms with Gasteiger partial charge in [0.1, 0.15) is 11.6 Å². The minimum absolute atomic E-state index is 0.109. The van der Waals surface area contributed by atoms with Crippen molar-refractivity contribution in [2.24, 2.45) is 10.8 Å². The van der Waals surface area contributed by atoms with Crippen LogP contribution in [0.15, 0.2) is 23.4 Å². The average molecular weight is 456 g/mol. The predicted molar refractivity (Wildman–Crippen MR) is 124 cm³/mol. The van der Waals surface area contributed by atoms with Crippen LogP contribution in [0.5, 0.6) is 5.88 Å². The highest BCUT2D eigenvalue weighted by molar-refractivity contribution is 5.98. The second kappa shape index (κ2) is 8.84. The molecule has 0 aromatic carbocycles. The van der Waals surface area contributed by atoms with Gasteiger partial charge in [0.25, 0.3) is 0 Å². The number of amides is 1. The number of methoxy groups -OCH3 is 1. The standard InChI is InChI=1S/C23H30FN7O2/c1-13(16-10-19(33-4)27-11-18(16)24)22(32)31-8-7-23(12-31)6-5-15-9-17(20(25)30-26-3)14(2)28-21(15)29-23/h9-11,13,26H,5-8,12H2,1-4H3,(H2,25,30)(H,28,29)/t13-,23+/m1/s1. The zero-order valence-electron chi connectivity index (χ0n) is 19.4. The minimum Gasteiger partial charge on any atom is -0.481 e. The second-order valence-corrected chi connectivity index (χ2v) is 8.73. The first-order valence-corrected chi connectivity index (χ1v) is 11.0. The van der Waals surface area contributed by atoms with Gasteiger partial charge in [0.05, 0.1) is 30.5 Å². The molecule has 10 heteroatoms. The van der Waals surface area contributed by atoms with Gasteiger partial charge in [-0.05, 0) is 44.7 Å². The van der Waals surface area contributed by atoms with Crippen LogP contribution in [0.25, 0.3) is 0 Å². The van der Waals surface area contributed by atoms with Crippen LogP contribution in [0.2, 0.25) is 0 Å². The number of fused-ring (bicyclic) bond motifs is 1. The summed E-state index contributed by atoms with van der Waals surface area (Å²) in [5.74, 6) is 0.263. The van der Waals surface area contributed by atoms with Crippen molar-refractivity contribution in [1.29, 1.82) is 0 Å². The molecule has 0 radical (unpaired) electrons. The maximum Gasteiger partial charge on any atom is 0.230 e. The summed E-state index contributed by atoms with van der Waals surface area (Å²) in [5, 5.41) is 7.66. The van der Waals surface area contributed by atoms with Crippen molar-refractivity contribution in [1.82, 2.24) is 20.3 Å². The molecule has 2 aliphatic rings. The lowest BCUT2D eigenvalue weighted by Gasteiger charge is -2.36. The Hall–Kier alpha value is -3.43. The summed E-state index contributed by atoms with van der Waals surface area (Å²) in [4.78, 5) is 23.6. The molecule has 2 aliphatic heterocycles. The van der Waals surface area contributed by atoms with Gasteiger partial charge in [-0.3, -0.25) is 4.79 Å². The van der Waals surface area contributed by atoms with E-state index in [0.717, 1.165) is 48.1 Å². The number of nitrogens with zero attached hydrogens (tertiary/aromatic N) is 4. The van der Waals surface area contributed by atoms with Crippen LogP contribution in [0.3, 0.4) is 0 Å². The number of nitrogens with two attached hydrogens (primary N) is 1. The largest absolute Gasteiger partial charge is 0.481 e. The van der Waals surface area contributed by atoms with E-state index in [1.165, 1.54) is 13.2 Å². The maximum atomic E-state index is 14.4. The van der Waals surface area contributed by atoms with Crippen LogP contribution in [-0.2, 0) is 11.2 Å². The quantitative estimate of drug-likeness (QED) is 0.358. The number of likely N-dealkylation sites (tertiary alicyclic amines) is 1. The first-order chi connectivity index (χ1) is 15.8. The molecule has 0 saturated carbocycles. The van der Waals surface area contributed by atoms with E-state index in [2.05, 4.69) is 20.8 Å². The van der Waals surface area contributed by atoms with Crippen LogP contribution in [0.4, 0.5) is 10.2 Å². The molecular formula is C23H30FN7O2. The van der Waals surface area contributed by atoms with Crippen molar-refractivity contribution >= 4 is 17.6 Å². The van der Waals surface area contributed by atoms with Crippen molar-refractivity contribution in [2.45, 2.75) is 44.6 Å². The summed E-state index contributed by atoms with van der Waals surface area (Å²) >= 11 is 0. The van der Waals surface area contributed by atoms with Gasteiger partial charge in [-0.15, -0.1) is 0 Å². The number of carbonyl (C=O) groups excluding carboxylic acids is 1. The van der Waals surface area contributed by atoms with Gasteiger partial charge in [-0.2, -0.15) is 5.10 Å². The van der Waals surface area contributed by atoms with Crippen LogP contribution in [0.1, 0.15) is 48.1 Å². The molecule has 1 amide bonds. The molecule has 0 unspecified atom stereocenters. The number of hydrogen-bond acceptors (Lipinski definition) is 7. The molecule has 1 spiro atoms. The van der Waals surface area contributed by atoms with E-state index in [1.807, 2.05) is 17.9 Å². The van der Waals surface area contributed by atoms with Gasteiger partial charge in [0.15, 0.2) is 5.84 Å². The van der Waals surface area contributed by atoms with Crippen molar-refractivity contribution < 1.29 is 13.9 Å². The number of hydrogen-bond donors (Lipinski definition) is 3. The van der Waals surface area contributed by atoms with E-state index in [4.69, 9.17) is 15.5 Å². The molecule has 2 atom stereocenters. The summed E-state index contributed by atoms with van der Waals surface area (Å²) in [7, 11) is 3.17. The third kappa shape index (κ3) is 4.29. The van der Waals surface area contributed by atoms with Gasteiger partial charge in [-0.25, -0.2) is 14.4 Å². The van der Waals surface area contributed by atoms with Crippen molar-refractivity contribution in [3.8, 4) is 5.88 Å². The number of rotatable bonds is 5. The fourth-order valence-corrected chi connectivity index (χ4v) is 4.72. The molecule has 2 aromatic heterocycles. The van der Waals surface area contributed by atoms with Crippen LogP contribution in [0, 0.1) is 12.7 Å². The molecule has 2 aromatic rings. The Morgan fingerprint density at radius 2 is 2.21 bits per heavy atom. The van der Waals surface area contributed by atoms with Crippen molar-refractivity contribution in [3.05, 3.63) is 46.5 Å². The van der Waals surface area contributed by atoms with Crippen LogP contribution < -0.4 is 21.2 Å². The third-order valence-corrected chi connectivity index (χ3v) is 6.63. The van der Waals surface area contributed by atoms with E-state index in [0.29, 0.717) is 24.5 Å². The number of pyridine rings is 2. The summed E-state index contributed by atoms with van der Waals surface area (Å²) in [5.41, 5.74) is 11.5. The molecule has 176 valence electrons. The highest BCUT2D eigenvalue weighted by Gasteiger charge is 2.43. The molecule has 0 bridgehead atoms. The summed E-state index contributed by atoms with van der Waals surface area (Å²) < 4.78 is 19.5. The molecular weight excluding hydrogens is 425 g/mol. The van der Waals surface area contributed by atoms with Gasteiger partial charge in [0, 0.05) is 37.3 Å². The number of anilines is 1. The highest BCUT2D eigenvalue weighted by atomic mass is 19.1. The number of amidine groups is 1. The normalized spacial score (nSPS) is 20.9. The zero-order valence-corrected chi connectivity index (χ0v) is 19.4. The number of aromatic nitrogens is 2. The van der Waals surface area contributed by atoms with E-state index in [9.17, 15) is 9.18 Å². The molecule has 1 fully saturated rings. The highest BCUT2D eigenvalue weighted by Crippen LogP contribution is 2.38. The number of ether oxygens (including phenoxy) is 1. The Labute approximate surface area is 192 Å². The van der Waals surface area contributed by atoms with Crippen LogP contribution >= 0.6 is 0 Å². The molecule has 4 heterocycles. The first-order valence-electron chi connectivity index (χ1n) is 11.0. The Morgan fingerprint density at radius 1 is 1.42 bits per heavy atom. The Kier molecular flexibility index (Phi) is 6.09. The Bertz CT molecular complexity index is 1110. The number of carbonyl (C=O) groups is 1. The summed E-state index contributed by atoms with van der Waals surface area (Å²) in [6.45, 7) is 4.78. The lowest BCUT2D eigenvalue weighted by molar-refractivity contribution is -0.131. The lowest BCUT2D eigenvalue weighted by atomic mass is 9.86. The van der Waals surface area contributed by atoms with E-state index in [1.54, 1.807) is 14.0 Å². The van der Waals surface area contributed by atoms with Gasteiger partial charge >= 0.3 is 0 Å². The topological polar surface area (TPSA) is 118 Å². The number of nitrogens with one attached hydrogen (secondary N) is 2. The van der Waals surface area contributed by atoms with E-state index in [-0.39, 0.29) is 17.3 Å². The van der Waals surface area contributed by atoms with Gasteiger partial charge < -0.3 is 26.1 Å². The van der Waals surface area contributed by atoms with Crippen molar-refractivity contribution in [3.63, 3.8) is 0 Å². The maximum absolute atomic E-state index is 14.4. The van der Waals surface area contributed by atoms with E-state index < -0.39 is 11.7 Å². The predicted octanol–water partition coefficient (Wildman–Crippen LogP) is 1.91. The SMILES string of the molecule is CN/N=C(\N)c1cc2c(nc1C)N[C@@]1(CC2)CCN(C(=O)[C@H](C)c2cc(OC)ncc2F)C1. The molecule has 0 aliphatic carbocycles. The smallest absolute Gasteiger partial charge is 0.230 e. The van der Waals surface area contributed by atoms with Gasteiger partial charge in [-0.1, -0.05) is 0 Å². The minimum atomic E-state index is -0.634. The Morgan fingerprint density at radius 3 is 2.94 bits per heavy atom. The molecule has 4 rings (SSSR count). The van der Waals surface area contributed by atoms with Crippen LogP contribution in [-0.4, -0.2) is 59.4 Å². The lowest BCUT2D eigenvalue weighted by Crippen LogP contribution is -2.46. The molecule has 4 N–H and O–H groups in total. The first kappa shape index (κ1) is 22.8. The third-order valence-electron chi connectivity index (χ3n) is 6.63. The molecule has 33 heavy (non-hydrogen) atoms. The average Bonchev–Trinajstić information content (AvgIpc) is 3.21. The zero-order chi connectivity index (χ0) is 23.8. The number of hydrazone groups is 1. The number of aryl methyl sites for hydroxylation is 2. The number of halogens is 1. The molecule has 1 saturated heterocycles. The summed E-state index contributed by atoms with van der Waals surface area (Å²) in [6.07, 6.45) is 3.59. The Balaban J connectivity index is 1.51. The van der Waals surface area contributed by atoms with E-state index >= 15 is 0 Å². The van der Waals surface area contributed by atoms with Crippen molar-refractivity contribution in [2.75, 3.05) is 32.6 Å². The fourth-order valence-electron chi connectivity index (χ4n) is 4.72. The van der Waals surface area contributed by atoms with Gasteiger partial charge in [0.2, 0.25) is 11.8 Å². The molecule has 9 nitrogen and oxygen atoms in total. The summed E-state index contributed by atoms with van der Waals surface area (Å²) in [6, 6.07) is 3.53. The monoisotopic (exact) mass is 455 g/mol. The fraction of sp³-hybridized carbons (Fsp3) is 0.478.